The van der Waals surface area contributed by atoms with Gasteiger partial charge >= 0.3 is 0 Å². The molecule has 1 aromatic carbocycles. The first-order chi connectivity index (χ1) is 10.8. The molecule has 2 heterocycles. The molecule has 5 heteroatoms. The summed E-state index contributed by atoms with van der Waals surface area (Å²) in [5.41, 5.74) is 0. The summed E-state index contributed by atoms with van der Waals surface area (Å²) in [5.74, 6) is 2.15. The summed E-state index contributed by atoms with van der Waals surface area (Å²) in [7, 11) is 0. The number of rotatable bonds is 6. The van der Waals surface area contributed by atoms with Crippen LogP contribution >= 0.6 is 0 Å². The maximum Gasteiger partial charge on any atom is 0.231 e. The number of nitrogens with zero attached hydrogens (tertiary/aromatic N) is 1. The fourth-order valence-electron chi connectivity index (χ4n) is 3.25. The van der Waals surface area contributed by atoms with Crippen LogP contribution in [-0.2, 0) is 0 Å². The lowest BCUT2D eigenvalue weighted by Crippen LogP contribution is -2.44. The molecule has 3 rings (SSSR count). The van der Waals surface area contributed by atoms with Crippen LogP contribution < -0.4 is 14.2 Å². The Labute approximate surface area is 131 Å². The van der Waals surface area contributed by atoms with Gasteiger partial charge in [-0.25, -0.2) is 0 Å². The molecular formula is C17H25NO4. The molecule has 1 fully saturated rings. The summed E-state index contributed by atoms with van der Waals surface area (Å²) in [5, 5.41) is 10.2. The van der Waals surface area contributed by atoms with Crippen molar-refractivity contribution in [3.63, 3.8) is 0 Å². The van der Waals surface area contributed by atoms with Gasteiger partial charge in [0, 0.05) is 18.7 Å². The van der Waals surface area contributed by atoms with Crippen LogP contribution in [0, 0.1) is 0 Å². The average molecular weight is 307 g/mol. The third-order valence-electron chi connectivity index (χ3n) is 4.45. The predicted octanol–water partition coefficient (Wildman–Crippen LogP) is 2.42. The quantitative estimate of drug-likeness (QED) is 0.875. The van der Waals surface area contributed by atoms with E-state index in [0.29, 0.717) is 30.7 Å². The smallest absolute Gasteiger partial charge is 0.231 e. The van der Waals surface area contributed by atoms with Gasteiger partial charge in [0.05, 0.1) is 0 Å². The minimum absolute atomic E-state index is 0.259. The van der Waals surface area contributed by atoms with Crippen LogP contribution in [0.1, 0.15) is 32.6 Å². The van der Waals surface area contributed by atoms with E-state index in [4.69, 9.17) is 14.2 Å². The van der Waals surface area contributed by atoms with Gasteiger partial charge in [-0.3, -0.25) is 4.90 Å². The molecule has 2 aliphatic rings. The fraction of sp³-hybridized carbons (Fsp3) is 0.647. The van der Waals surface area contributed by atoms with Crippen LogP contribution in [0.4, 0.5) is 0 Å². The highest BCUT2D eigenvalue weighted by molar-refractivity contribution is 5.46. The molecule has 1 aromatic rings. The van der Waals surface area contributed by atoms with E-state index in [1.807, 2.05) is 18.2 Å². The lowest BCUT2D eigenvalue weighted by atomic mass is 10.00. The Morgan fingerprint density at radius 3 is 3.05 bits per heavy atom. The normalized spacial score (nSPS) is 22.5. The number of piperidine rings is 1. The monoisotopic (exact) mass is 307 g/mol. The van der Waals surface area contributed by atoms with Gasteiger partial charge in [0.2, 0.25) is 6.79 Å². The lowest BCUT2D eigenvalue weighted by molar-refractivity contribution is 0.0387. The summed E-state index contributed by atoms with van der Waals surface area (Å²) in [6.07, 6.45) is 4.45. The topological polar surface area (TPSA) is 51.2 Å². The molecule has 0 amide bonds. The second-order valence-electron chi connectivity index (χ2n) is 6.03. The highest BCUT2D eigenvalue weighted by Gasteiger charge is 2.23. The van der Waals surface area contributed by atoms with Crippen LogP contribution in [0.5, 0.6) is 17.2 Å². The number of likely N-dealkylation sites (tertiary alicyclic amines) is 1. The summed E-state index contributed by atoms with van der Waals surface area (Å²) in [4.78, 5) is 2.40. The first-order valence-electron chi connectivity index (χ1n) is 8.21. The van der Waals surface area contributed by atoms with Gasteiger partial charge in [0.1, 0.15) is 18.5 Å². The third kappa shape index (κ3) is 3.65. The summed E-state index contributed by atoms with van der Waals surface area (Å²) in [6.45, 7) is 4.54. The van der Waals surface area contributed by atoms with Crippen LogP contribution in [0.2, 0.25) is 0 Å². The molecule has 0 radical (unpaired) electrons. The van der Waals surface area contributed by atoms with Crippen LogP contribution in [0.15, 0.2) is 18.2 Å². The van der Waals surface area contributed by atoms with E-state index in [0.717, 1.165) is 18.7 Å². The van der Waals surface area contributed by atoms with Crippen molar-refractivity contribution in [1.82, 2.24) is 4.90 Å². The van der Waals surface area contributed by atoms with Crippen molar-refractivity contribution in [3.05, 3.63) is 18.2 Å². The maximum atomic E-state index is 10.2. The fourth-order valence-corrected chi connectivity index (χ4v) is 3.25. The SMILES string of the molecule is CC[C@H]1CCCCN1C[C@@H](O)COc1ccc2c(c1)OCO2. The van der Waals surface area contributed by atoms with Gasteiger partial charge < -0.3 is 19.3 Å². The Balaban J connectivity index is 1.48. The van der Waals surface area contributed by atoms with Crippen molar-refractivity contribution in [2.75, 3.05) is 26.5 Å². The van der Waals surface area contributed by atoms with Gasteiger partial charge in [-0.15, -0.1) is 0 Å². The molecule has 22 heavy (non-hydrogen) atoms. The average Bonchev–Trinajstić information content (AvgIpc) is 3.01. The number of β-amino-alcohol motifs (C(OH)–C–C–N with tert-alkyl or cyclic N) is 1. The van der Waals surface area contributed by atoms with E-state index in [1.165, 1.54) is 19.3 Å². The summed E-state index contributed by atoms with van der Waals surface area (Å²) < 4.78 is 16.3. The summed E-state index contributed by atoms with van der Waals surface area (Å²) >= 11 is 0. The van der Waals surface area contributed by atoms with Crippen molar-refractivity contribution < 1.29 is 19.3 Å². The highest BCUT2D eigenvalue weighted by Crippen LogP contribution is 2.35. The van der Waals surface area contributed by atoms with E-state index in [-0.39, 0.29) is 6.79 Å². The van der Waals surface area contributed by atoms with Gasteiger partial charge in [-0.2, -0.15) is 0 Å². The Kier molecular flexibility index (Phi) is 5.05. The Hall–Kier alpha value is -1.46. The van der Waals surface area contributed by atoms with Crippen LogP contribution in [-0.4, -0.2) is 48.6 Å². The Morgan fingerprint density at radius 2 is 2.18 bits per heavy atom. The van der Waals surface area contributed by atoms with Crippen molar-refractivity contribution in [1.29, 1.82) is 0 Å². The van der Waals surface area contributed by atoms with Crippen molar-refractivity contribution in [3.8, 4) is 17.2 Å². The molecule has 2 atom stereocenters. The lowest BCUT2D eigenvalue weighted by Gasteiger charge is -2.36. The molecule has 0 bridgehead atoms. The molecule has 1 N–H and O–H groups in total. The van der Waals surface area contributed by atoms with Gasteiger partial charge in [0.25, 0.3) is 0 Å². The molecule has 2 aliphatic heterocycles. The van der Waals surface area contributed by atoms with Gasteiger partial charge in [-0.1, -0.05) is 13.3 Å². The second-order valence-corrected chi connectivity index (χ2v) is 6.03. The predicted molar refractivity (Wildman–Crippen MR) is 83.6 cm³/mol. The molecular weight excluding hydrogens is 282 g/mol. The molecule has 1 saturated heterocycles. The number of ether oxygens (including phenoxy) is 3. The molecule has 0 aromatic heterocycles. The van der Waals surface area contributed by atoms with E-state index in [9.17, 15) is 5.11 Å². The number of hydrogen-bond acceptors (Lipinski definition) is 5. The minimum Gasteiger partial charge on any atom is -0.491 e. The van der Waals surface area contributed by atoms with Crippen LogP contribution in [0.25, 0.3) is 0 Å². The molecule has 0 unspecified atom stereocenters. The number of aliphatic hydroxyl groups is 1. The molecule has 0 saturated carbocycles. The van der Waals surface area contributed by atoms with Crippen LogP contribution in [0.3, 0.4) is 0 Å². The van der Waals surface area contributed by atoms with E-state index in [2.05, 4.69) is 11.8 Å². The summed E-state index contributed by atoms with van der Waals surface area (Å²) in [6, 6.07) is 6.09. The standard InChI is InChI=1S/C17H25NO4/c1-2-13-5-3-4-8-18(13)10-14(19)11-20-15-6-7-16-17(9-15)22-12-21-16/h6-7,9,13-14,19H,2-5,8,10-12H2,1H3/t13-,14+/m0/s1. The van der Waals surface area contributed by atoms with Gasteiger partial charge in [0.15, 0.2) is 11.5 Å². The number of benzene rings is 1. The van der Waals surface area contributed by atoms with Crippen molar-refractivity contribution in [2.24, 2.45) is 0 Å². The number of aliphatic hydroxyl groups excluding tert-OH is 1. The first-order valence-corrected chi connectivity index (χ1v) is 8.21. The molecule has 0 aliphatic carbocycles. The number of fused-ring (bicyclic) bond motifs is 1. The van der Waals surface area contributed by atoms with Crippen molar-refractivity contribution >= 4 is 0 Å². The Morgan fingerprint density at radius 1 is 1.32 bits per heavy atom. The molecule has 0 spiro atoms. The molecule has 5 nitrogen and oxygen atoms in total. The van der Waals surface area contributed by atoms with E-state index in [1.54, 1.807) is 0 Å². The first kappa shape index (κ1) is 15.4. The van der Waals surface area contributed by atoms with E-state index < -0.39 is 6.10 Å². The van der Waals surface area contributed by atoms with Gasteiger partial charge in [-0.05, 0) is 37.9 Å². The molecule has 122 valence electrons. The Bertz CT molecular complexity index is 494. The largest absolute Gasteiger partial charge is 0.491 e. The zero-order chi connectivity index (χ0) is 15.4. The zero-order valence-corrected chi connectivity index (χ0v) is 13.2. The second kappa shape index (κ2) is 7.20. The maximum absolute atomic E-state index is 10.2. The third-order valence-corrected chi connectivity index (χ3v) is 4.45. The number of hydrogen-bond donors (Lipinski definition) is 1. The van der Waals surface area contributed by atoms with Crippen molar-refractivity contribution in [2.45, 2.75) is 44.8 Å². The minimum atomic E-state index is -0.474. The van der Waals surface area contributed by atoms with E-state index >= 15 is 0 Å². The highest BCUT2D eigenvalue weighted by atomic mass is 16.7. The zero-order valence-electron chi connectivity index (χ0n) is 13.2.